The quantitative estimate of drug-likeness (QED) is 0.623. The summed E-state index contributed by atoms with van der Waals surface area (Å²) in [4.78, 5) is 1.38. The Balaban J connectivity index is 1.64. The molecule has 1 saturated carbocycles. The second kappa shape index (κ2) is 7.73. The molecule has 0 atom stereocenters. The summed E-state index contributed by atoms with van der Waals surface area (Å²) in [5.74, 6) is 3.13. The van der Waals surface area contributed by atoms with Gasteiger partial charge in [0.2, 0.25) is 0 Å². The normalized spacial score (nSPS) is 15.7. The number of rotatable bonds is 5. The molecule has 0 bridgehead atoms. The lowest BCUT2D eigenvalue weighted by Crippen LogP contribution is -2.08. The zero-order valence-corrected chi connectivity index (χ0v) is 14.1. The Morgan fingerprint density at radius 2 is 1.68 bits per heavy atom. The van der Waals surface area contributed by atoms with Crippen LogP contribution < -0.4 is 4.74 Å². The van der Waals surface area contributed by atoms with E-state index < -0.39 is 0 Å². The number of para-hydroxylation sites is 1. The van der Waals surface area contributed by atoms with E-state index in [0.717, 1.165) is 17.2 Å². The minimum atomic E-state index is 0.924. The van der Waals surface area contributed by atoms with E-state index in [4.69, 9.17) is 4.74 Å². The van der Waals surface area contributed by atoms with Crippen LogP contribution in [0.3, 0.4) is 0 Å². The van der Waals surface area contributed by atoms with Gasteiger partial charge in [0, 0.05) is 16.2 Å². The van der Waals surface area contributed by atoms with Crippen LogP contribution in [0.1, 0.15) is 32.1 Å². The molecule has 0 aromatic heterocycles. The molecule has 2 aromatic carbocycles. The minimum Gasteiger partial charge on any atom is -0.496 e. The molecular weight excluding hydrogens is 288 g/mol. The molecule has 0 aliphatic heterocycles. The van der Waals surface area contributed by atoms with E-state index in [1.807, 2.05) is 23.9 Å². The van der Waals surface area contributed by atoms with Crippen molar-refractivity contribution in [1.82, 2.24) is 0 Å². The predicted molar refractivity (Wildman–Crippen MR) is 95.7 cm³/mol. The molecule has 1 aliphatic carbocycles. The van der Waals surface area contributed by atoms with Crippen LogP contribution in [0.25, 0.3) is 11.1 Å². The average Bonchev–Trinajstić information content (AvgIpc) is 2.61. The summed E-state index contributed by atoms with van der Waals surface area (Å²) in [7, 11) is 1.73. The maximum Gasteiger partial charge on any atom is 0.126 e. The van der Waals surface area contributed by atoms with Gasteiger partial charge in [0.15, 0.2) is 0 Å². The summed E-state index contributed by atoms with van der Waals surface area (Å²) in [5.41, 5.74) is 2.38. The van der Waals surface area contributed by atoms with Gasteiger partial charge in [0.1, 0.15) is 5.75 Å². The average molecular weight is 312 g/mol. The van der Waals surface area contributed by atoms with Crippen molar-refractivity contribution in [3.05, 3.63) is 48.5 Å². The van der Waals surface area contributed by atoms with Crippen molar-refractivity contribution in [1.29, 1.82) is 0 Å². The van der Waals surface area contributed by atoms with E-state index in [1.165, 1.54) is 48.3 Å². The fourth-order valence-corrected chi connectivity index (χ4v) is 4.27. The zero-order chi connectivity index (χ0) is 15.2. The van der Waals surface area contributed by atoms with Gasteiger partial charge < -0.3 is 4.74 Å². The second-order valence-electron chi connectivity index (χ2n) is 6.04. The third-order valence-corrected chi connectivity index (χ3v) is 5.73. The molecule has 0 unspecified atom stereocenters. The second-order valence-corrected chi connectivity index (χ2v) is 7.13. The molecule has 0 radical (unpaired) electrons. The predicted octanol–water partition coefficient (Wildman–Crippen LogP) is 6.03. The van der Waals surface area contributed by atoms with Crippen LogP contribution in [0, 0.1) is 5.92 Å². The number of hydrogen-bond acceptors (Lipinski definition) is 2. The Kier molecular flexibility index (Phi) is 5.44. The molecule has 1 fully saturated rings. The Hall–Kier alpha value is -1.41. The molecule has 3 rings (SSSR count). The highest BCUT2D eigenvalue weighted by Crippen LogP contribution is 2.33. The Labute approximate surface area is 138 Å². The van der Waals surface area contributed by atoms with E-state index >= 15 is 0 Å². The summed E-state index contributed by atoms with van der Waals surface area (Å²) in [6, 6.07) is 17.1. The van der Waals surface area contributed by atoms with Gasteiger partial charge in [-0.1, -0.05) is 49.6 Å². The van der Waals surface area contributed by atoms with Crippen LogP contribution in [0.4, 0.5) is 0 Å². The SMILES string of the molecule is COc1ccccc1-c1ccc(SCC2CCCCC2)cc1. The minimum absolute atomic E-state index is 0.924. The van der Waals surface area contributed by atoms with E-state index in [1.54, 1.807) is 7.11 Å². The van der Waals surface area contributed by atoms with Crippen LogP contribution in [0.15, 0.2) is 53.4 Å². The molecule has 0 heterocycles. The molecule has 1 aliphatic rings. The highest BCUT2D eigenvalue weighted by atomic mass is 32.2. The van der Waals surface area contributed by atoms with E-state index in [9.17, 15) is 0 Å². The van der Waals surface area contributed by atoms with Crippen LogP contribution in [0.2, 0.25) is 0 Å². The molecule has 116 valence electrons. The topological polar surface area (TPSA) is 9.23 Å². The van der Waals surface area contributed by atoms with Crippen molar-refractivity contribution in [2.24, 2.45) is 5.92 Å². The summed E-state index contributed by atoms with van der Waals surface area (Å²) < 4.78 is 5.45. The number of ether oxygens (including phenoxy) is 1. The molecule has 0 spiro atoms. The number of thioether (sulfide) groups is 1. The fraction of sp³-hybridized carbons (Fsp3) is 0.400. The maximum absolute atomic E-state index is 5.45. The maximum atomic E-state index is 5.45. The molecule has 0 saturated heterocycles. The van der Waals surface area contributed by atoms with Gasteiger partial charge in [-0.3, -0.25) is 0 Å². The molecule has 1 nitrogen and oxygen atoms in total. The number of methoxy groups -OCH3 is 1. The van der Waals surface area contributed by atoms with Crippen molar-refractivity contribution in [2.45, 2.75) is 37.0 Å². The lowest BCUT2D eigenvalue weighted by molar-refractivity contribution is 0.391. The van der Waals surface area contributed by atoms with Gasteiger partial charge in [-0.05, 0) is 42.5 Å². The van der Waals surface area contributed by atoms with Crippen LogP contribution >= 0.6 is 11.8 Å². The molecule has 2 heteroatoms. The third-order valence-electron chi connectivity index (χ3n) is 4.48. The highest BCUT2D eigenvalue weighted by Gasteiger charge is 2.13. The monoisotopic (exact) mass is 312 g/mol. The number of benzene rings is 2. The van der Waals surface area contributed by atoms with Gasteiger partial charge in [-0.15, -0.1) is 11.8 Å². The summed E-state index contributed by atoms with van der Waals surface area (Å²) in [5, 5.41) is 0. The fourth-order valence-electron chi connectivity index (χ4n) is 3.18. The first-order valence-corrected chi connectivity index (χ1v) is 9.21. The standard InChI is InChI=1S/C20H24OS/c1-21-20-10-6-5-9-19(20)17-11-13-18(14-12-17)22-15-16-7-3-2-4-8-16/h5-6,9-14,16H,2-4,7-8,15H2,1H3. The smallest absolute Gasteiger partial charge is 0.126 e. The first kappa shape index (κ1) is 15.5. The van der Waals surface area contributed by atoms with Gasteiger partial charge in [0.25, 0.3) is 0 Å². The molecule has 22 heavy (non-hydrogen) atoms. The lowest BCUT2D eigenvalue weighted by atomic mass is 9.91. The van der Waals surface area contributed by atoms with E-state index in [0.29, 0.717) is 0 Å². The van der Waals surface area contributed by atoms with E-state index in [2.05, 4.69) is 36.4 Å². The van der Waals surface area contributed by atoms with E-state index in [-0.39, 0.29) is 0 Å². The van der Waals surface area contributed by atoms with Crippen LogP contribution in [0.5, 0.6) is 5.75 Å². The largest absolute Gasteiger partial charge is 0.496 e. The summed E-state index contributed by atoms with van der Waals surface area (Å²) in [6.45, 7) is 0. The molecule has 0 amide bonds. The summed E-state index contributed by atoms with van der Waals surface area (Å²) in [6.07, 6.45) is 7.14. The van der Waals surface area contributed by atoms with Crippen molar-refractivity contribution in [2.75, 3.05) is 12.9 Å². The van der Waals surface area contributed by atoms with Gasteiger partial charge in [-0.25, -0.2) is 0 Å². The van der Waals surface area contributed by atoms with Crippen molar-refractivity contribution in [3.63, 3.8) is 0 Å². The lowest BCUT2D eigenvalue weighted by Gasteiger charge is -2.20. The van der Waals surface area contributed by atoms with Gasteiger partial charge in [-0.2, -0.15) is 0 Å². The van der Waals surface area contributed by atoms with Crippen LogP contribution in [-0.2, 0) is 0 Å². The molecular formula is C20H24OS. The van der Waals surface area contributed by atoms with Gasteiger partial charge >= 0.3 is 0 Å². The summed E-state index contributed by atoms with van der Waals surface area (Å²) >= 11 is 2.01. The molecule has 2 aromatic rings. The van der Waals surface area contributed by atoms with Crippen molar-refractivity contribution >= 4 is 11.8 Å². The Morgan fingerprint density at radius 1 is 0.955 bits per heavy atom. The van der Waals surface area contributed by atoms with Crippen molar-refractivity contribution < 1.29 is 4.74 Å². The highest BCUT2D eigenvalue weighted by molar-refractivity contribution is 7.99. The van der Waals surface area contributed by atoms with Crippen molar-refractivity contribution in [3.8, 4) is 16.9 Å². The Morgan fingerprint density at radius 3 is 2.41 bits per heavy atom. The Bertz CT molecular complexity index is 585. The third kappa shape index (κ3) is 3.86. The first-order chi connectivity index (χ1) is 10.9. The number of hydrogen-bond donors (Lipinski definition) is 0. The van der Waals surface area contributed by atoms with Crippen LogP contribution in [-0.4, -0.2) is 12.9 Å². The zero-order valence-electron chi connectivity index (χ0n) is 13.3. The first-order valence-electron chi connectivity index (χ1n) is 8.23. The molecule has 0 N–H and O–H groups in total. The van der Waals surface area contributed by atoms with Gasteiger partial charge in [0.05, 0.1) is 7.11 Å².